The summed E-state index contributed by atoms with van der Waals surface area (Å²) in [5.41, 5.74) is 8.72. The highest BCUT2D eigenvalue weighted by molar-refractivity contribution is 7.99. The highest BCUT2D eigenvalue weighted by Crippen LogP contribution is 2.28. The SMILES string of the molecule is Cl.N[C@@H]1CN(Cc2ccc(SC(F)F)cc2)C[C@H]1c1ccccc1. The van der Waals surface area contributed by atoms with Crippen LogP contribution in [-0.4, -0.2) is 29.8 Å². The van der Waals surface area contributed by atoms with E-state index >= 15 is 0 Å². The van der Waals surface area contributed by atoms with Crippen molar-refractivity contribution in [3.63, 3.8) is 0 Å². The predicted molar refractivity (Wildman–Crippen MR) is 98.0 cm³/mol. The summed E-state index contributed by atoms with van der Waals surface area (Å²) in [6.45, 7) is 2.59. The summed E-state index contributed by atoms with van der Waals surface area (Å²) in [5, 5.41) is 0. The Labute approximate surface area is 151 Å². The summed E-state index contributed by atoms with van der Waals surface area (Å²) in [7, 11) is 0. The summed E-state index contributed by atoms with van der Waals surface area (Å²) in [6, 6.07) is 17.9. The maximum absolute atomic E-state index is 12.3. The second-order valence-corrected chi connectivity index (χ2v) is 6.96. The van der Waals surface area contributed by atoms with Crippen molar-refractivity contribution in [3.8, 4) is 0 Å². The van der Waals surface area contributed by atoms with Gasteiger partial charge in [-0.2, -0.15) is 8.78 Å². The molecule has 2 nitrogen and oxygen atoms in total. The third-order valence-electron chi connectivity index (χ3n) is 4.22. The maximum atomic E-state index is 12.3. The number of nitrogens with zero attached hydrogens (tertiary/aromatic N) is 1. The van der Waals surface area contributed by atoms with E-state index in [-0.39, 0.29) is 18.4 Å². The summed E-state index contributed by atoms with van der Waals surface area (Å²) in [6.07, 6.45) is 0. The van der Waals surface area contributed by atoms with E-state index in [1.54, 1.807) is 12.1 Å². The molecule has 6 heteroatoms. The normalized spacial score (nSPS) is 21.0. The smallest absolute Gasteiger partial charge is 0.288 e. The Balaban J connectivity index is 0.00000208. The molecule has 0 spiro atoms. The lowest BCUT2D eigenvalue weighted by atomic mass is 9.95. The Kier molecular flexibility index (Phi) is 7.04. The molecule has 1 heterocycles. The topological polar surface area (TPSA) is 29.3 Å². The summed E-state index contributed by atoms with van der Waals surface area (Å²) >= 11 is 0.581. The van der Waals surface area contributed by atoms with Gasteiger partial charge in [-0.15, -0.1) is 12.4 Å². The summed E-state index contributed by atoms with van der Waals surface area (Å²) < 4.78 is 24.7. The van der Waals surface area contributed by atoms with Gasteiger partial charge in [-0.05, 0) is 23.3 Å². The lowest BCUT2D eigenvalue weighted by Crippen LogP contribution is -2.28. The van der Waals surface area contributed by atoms with Gasteiger partial charge in [0.25, 0.3) is 5.76 Å². The molecule has 1 aliphatic heterocycles. The van der Waals surface area contributed by atoms with Crippen LogP contribution in [0.4, 0.5) is 8.78 Å². The molecular weight excluding hydrogens is 350 g/mol. The zero-order valence-electron chi connectivity index (χ0n) is 13.1. The maximum Gasteiger partial charge on any atom is 0.288 e. The number of likely N-dealkylation sites (tertiary alicyclic amines) is 1. The third kappa shape index (κ3) is 4.93. The molecule has 2 atom stereocenters. The van der Waals surface area contributed by atoms with E-state index in [1.807, 2.05) is 30.3 Å². The molecule has 1 fully saturated rings. The van der Waals surface area contributed by atoms with E-state index in [9.17, 15) is 8.78 Å². The van der Waals surface area contributed by atoms with Gasteiger partial charge in [0.05, 0.1) is 0 Å². The van der Waals surface area contributed by atoms with Crippen LogP contribution in [0.5, 0.6) is 0 Å². The average Bonchev–Trinajstić information content (AvgIpc) is 2.90. The van der Waals surface area contributed by atoms with E-state index in [4.69, 9.17) is 5.73 Å². The second kappa shape index (κ2) is 8.81. The van der Waals surface area contributed by atoms with Crippen molar-refractivity contribution >= 4 is 24.2 Å². The molecule has 0 aliphatic carbocycles. The first-order valence-corrected chi connectivity index (χ1v) is 8.56. The Morgan fingerprint density at radius 1 is 1.04 bits per heavy atom. The van der Waals surface area contributed by atoms with Crippen molar-refractivity contribution in [1.82, 2.24) is 4.90 Å². The third-order valence-corrected chi connectivity index (χ3v) is 4.95. The molecule has 0 saturated carbocycles. The zero-order chi connectivity index (χ0) is 16.2. The molecule has 3 rings (SSSR count). The van der Waals surface area contributed by atoms with Crippen molar-refractivity contribution in [3.05, 3.63) is 65.7 Å². The van der Waals surface area contributed by atoms with Crippen LogP contribution < -0.4 is 5.73 Å². The summed E-state index contributed by atoms with van der Waals surface area (Å²) in [5.74, 6) is -2.02. The van der Waals surface area contributed by atoms with Crippen LogP contribution in [0.25, 0.3) is 0 Å². The fourth-order valence-electron chi connectivity index (χ4n) is 3.13. The first-order valence-electron chi connectivity index (χ1n) is 7.68. The predicted octanol–water partition coefficient (Wildman–Crippen LogP) is 4.35. The quantitative estimate of drug-likeness (QED) is 0.793. The number of alkyl halides is 2. The number of halogens is 3. The molecule has 130 valence electrons. The second-order valence-electron chi connectivity index (χ2n) is 5.90. The van der Waals surface area contributed by atoms with E-state index in [1.165, 1.54) is 5.56 Å². The standard InChI is InChI=1S/C18H20F2N2S.ClH/c19-18(20)23-15-8-6-13(7-9-15)10-22-11-16(17(21)12-22)14-4-2-1-3-5-14;/h1-9,16-18H,10-12,21H2;1H/t16-,17+;/m0./s1. The van der Waals surface area contributed by atoms with Gasteiger partial charge in [0.1, 0.15) is 0 Å². The molecule has 0 unspecified atom stereocenters. The minimum absolute atomic E-state index is 0. The minimum atomic E-state index is -2.37. The van der Waals surface area contributed by atoms with Crippen molar-refractivity contribution in [2.75, 3.05) is 13.1 Å². The largest absolute Gasteiger partial charge is 0.326 e. The average molecular weight is 371 g/mol. The Hall–Kier alpha value is -1.14. The molecule has 0 aromatic heterocycles. The van der Waals surface area contributed by atoms with Gasteiger partial charge in [-0.25, -0.2) is 0 Å². The van der Waals surface area contributed by atoms with Crippen molar-refractivity contribution in [2.24, 2.45) is 5.73 Å². The number of hydrogen-bond donors (Lipinski definition) is 1. The molecule has 1 saturated heterocycles. The first kappa shape index (κ1) is 19.2. The molecule has 0 bridgehead atoms. The van der Waals surface area contributed by atoms with Gasteiger partial charge in [0, 0.05) is 36.5 Å². The number of hydrogen-bond acceptors (Lipinski definition) is 3. The number of benzene rings is 2. The number of nitrogens with two attached hydrogens (primary N) is 1. The zero-order valence-corrected chi connectivity index (χ0v) is 14.8. The Morgan fingerprint density at radius 2 is 1.71 bits per heavy atom. The van der Waals surface area contributed by atoms with Crippen molar-refractivity contribution < 1.29 is 8.78 Å². The first-order chi connectivity index (χ1) is 11.1. The molecule has 0 amide bonds. The van der Waals surface area contributed by atoms with E-state index < -0.39 is 5.76 Å². The van der Waals surface area contributed by atoms with Crippen LogP contribution in [0.1, 0.15) is 17.0 Å². The number of thioether (sulfide) groups is 1. The molecular formula is C18H21ClF2N2S. The Bertz CT molecular complexity index is 625. The minimum Gasteiger partial charge on any atom is -0.326 e. The van der Waals surface area contributed by atoms with Gasteiger partial charge >= 0.3 is 0 Å². The fourth-order valence-corrected chi connectivity index (χ4v) is 3.63. The van der Waals surface area contributed by atoms with Crippen LogP contribution >= 0.6 is 24.2 Å². The fraction of sp³-hybridized carbons (Fsp3) is 0.333. The summed E-state index contributed by atoms with van der Waals surface area (Å²) in [4.78, 5) is 2.93. The monoisotopic (exact) mass is 370 g/mol. The van der Waals surface area contributed by atoms with E-state index in [0.717, 1.165) is 25.2 Å². The molecule has 0 radical (unpaired) electrons. The van der Waals surface area contributed by atoms with Crippen molar-refractivity contribution in [2.45, 2.75) is 29.2 Å². The van der Waals surface area contributed by atoms with Gasteiger partial charge in [-0.1, -0.05) is 54.2 Å². The van der Waals surface area contributed by atoms with E-state index in [0.29, 0.717) is 22.6 Å². The highest BCUT2D eigenvalue weighted by Gasteiger charge is 2.30. The molecule has 24 heavy (non-hydrogen) atoms. The lowest BCUT2D eigenvalue weighted by molar-refractivity contribution is 0.252. The van der Waals surface area contributed by atoms with Crippen LogP contribution in [0.2, 0.25) is 0 Å². The van der Waals surface area contributed by atoms with Crippen LogP contribution in [0.15, 0.2) is 59.5 Å². The van der Waals surface area contributed by atoms with Gasteiger partial charge in [0.2, 0.25) is 0 Å². The molecule has 2 aromatic rings. The van der Waals surface area contributed by atoms with Crippen LogP contribution in [0.3, 0.4) is 0 Å². The van der Waals surface area contributed by atoms with Gasteiger partial charge in [-0.3, -0.25) is 4.90 Å². The van der Waals surface area contributed by atoms with Crippen LogP contribution in [-0.2, 0) is 6.54 Å². The van der Waals surface area contributed by atoms with Crippen LogP contribution in [0, 0.1) is 0 Å². The van der Waals surface area contributed by atoms with E-state index in [2.05, 4.69) is 17.0 Å². The van der Waals surface area contributed by atoms with Crippen molar-refractivity contribution in [1.29, 1.82) is 0 Å². The molecule has 2 aromatic carbocycles. The van der Waals surface area contributed by atoms with Gasteiger partial charge in [0.15, 0.2) is 0 Å². The number of rotatable bonds is 5. The van der Waals surface area contributed by atoms with Gasteiger partial charge < -0.3 is 5.73 Å². The highest BCUT2D eigenvalue weighted by atomic mass is 35.5. The lowest BCUT2D eigenvalue weighted by Gasteiger charge is -2.16. The molecule has 1 aliphatic rings. The Morgan fingerprint density at radius 3 is 2.33 bits per heavy atom. The molecule has 2 N–H and O–H groups in total.